The Kier molecular flexibility index (Phi) is 6.31. The van der Waals surface area contributed by atoms with Gasteiger partial charge in [-0.15, -0.1) is 11.3 Å². The van der Waals surface area contributed by atoms with Gasteiger partial charge in [0.25, 0.3) is 0 Å². The Hall–Kier alpha value is -0.920. The highest BCUT2D eigenvalue weighted by Crippen LogP contribution is 2.22. The Labute approximate surface area is 119 Å². The zero-order chi connectivity index (χ0) is 13.5. The molecule has 1 aromatic rings. The summed E-state index contributed by atoms with van der Waals surface area (Å²) >= 11 is 5.02. The first-order valence-electron chi connectivity index (χ1n) is 5.51. The van der Waals surface area contributed by atoms with Crippen molar-refractivity contribution in [2.45, 2.75) is 13.5 Å². The van der Waals surface area contributed by atoms with E-state index in [1.165, 1.54) is 0 Å². The third-order valence-corrected chi connectivity index (χ3v) is 3.67. The summed E-state index contributed by atoms with van der Waals surface area (Å²) in [6, 6.07) is 3.53. The number of halogens is 1. The largest absolute Gasteiger partial charge is 0.338 e. The molecule has 0 aliphatic carbocycles. The van der Waals surface area contributed by atoms with E-state index in [-0.39, 0.29) is 12.5 Å². The highest BCUT2D eigenvalue weighted by atomic mass is 79.9. The van der Waals surface area contributed by atoms with E-state index in [0.717, 1.165) is 8.66 Å². The van der Waals surface area contributed by atoms with E-state index in [1.54, 1.807) is 18.3 Å². The minimum Gasteiger partial charge on any atom is -0.338 e. The Bertz CT molecular complexity index is 422. The van der Waals surface area contributed by atoms with Crippen LogP contribution < -0.4 is 10.6 Å². The van der Waals surface area contributed by atoms with Gasteiger partial charge in [0.2, 0.25) is 5.91 Å². The lowest BCUT2D eigenvalue weighted by molar-refractivity contribution is -0.120. The fraction of sp³-hybridized carbons (Fsp3) is 0.455. The van der Waals surface area contributed by atoms with E-state index in [4.69, 9.17) is 0 Å². The molecule has 0 aliphatic rings. The van der Waals surface area contributed by atoms with Crippen molar-refractivity contribution in [2.24, 2.45) is 0 Å². The quantitative estimate of drug-likeness (QED) is 0.863. The highest BCUT2D eigenvalue weighted by molar-refractivity contribution is 9.11. The van der Waals surface area contributed by atoms with Gasteiger partial charge < -0.3 is 5.32 Å². The number of thiophene rings is 1. The smallest absolute Gasteiger partial charge is 0.321 e. The van der Waals surface area contributed by atoms with Gasteiger partial charge in [0.05, 0.1) is 10.3 Å². The summed E-state index contributed by atoms with van der Waals surface area (Å²) in [5.41, 5.74) is 0. The van der Waals surface area contributed by atoms with Crippen LogP contribution in [0.2, 0.25) is 0 Å². The number of rotatable bonds is 5. The molecule has 5 nitrogen and oxygen atoms in total. The van der Waals surface area contributed by atoms with Gasteiger partial charge in [0.15, 0.2) is 0 Å². The molecule has 0 unspecified atom stereocenters. The molecule has 1 heterocycles. The first-order chi connectivity index (χ1) is 8.51. The molecular formula is C11H16BrN3O2S. The Morgan fingerprint density at radius 2 is 2.17 bits per heavy atom. The first-order valence-corrected chi connectivity index (χ1v) is 7.12. The molecule has 0 bridgehead atoms. The van der Waals surface area contributed by atoms with Crippen molar-refractivity contribution in [3.8, 4) is 0 Å². The number of likely N-dealkylation sites (N-methyl/N-ethyl adjacent to an activating group) is 1. The molecule has 0 saturated heterocycles. The van der Waals surface area contributed by atoms with Crippen LogP contribution in [0.3, 0.4) is 0 Å². The van der Waals surface area contributed by atoms with Crippen LogP contribution in [0.5, 0.6) is 0 Å². The molecule has 18 heavy (non-hydrogen) atoms. The third-order valence-electron chi connectivity index (χ3n) is 2.06. The minimum atomic E-state index is -0.449. The number of hydrogen-bond acceptors (Lipinski definition) is 4. The second-order valence-corrected chi connectivity index (χ2v) is 6.33. The van der Waals surface area contributed by atoms with Crippen molar-refractivity contribution in [2.75, 3.05) is 20.1 Å². The van der Waals surface area contributed by atoms with Crippen LogP contribution in [0.1, 0.15) is 11.8 Å². The SMILES string of the molecule is CCNC(=O)NC(=O)CN(C)Cc1ccc(Br)s1. The molecule has 7 heteroatoms. The van der Waals surface area contributed by atoms with Gasteiger partial charge in [-0.25, -0.2) is 4.79 Å². The van der Waals surface area contributed by atoms with Crippen LogP contribution in [-0.2, 0) is 11.3 Å². The van der Waals surface area contributed by atoms with Crippen molar-refractivity contribution in [3.63, 3.8) is 0 Å². The lowest BCUT2D eigenvalue weighted by atomic mass is 10.4. The van der Waals surface area contributed by atoms with E-state index >= 15 is 0 Å². The van der Waals surface area contributed by atoms with Gasteiger partial charge in [0, 0.05) is 18.0 Å². The third kappa shape index (κ3) is 5.61. The Balaban J connectivity index is 2.33. The van der Waals surface area contributed by atoms with E-state index < -0.39 is 6.03 Å². The first kappa shape index (κ1) is 15.1. The molecule has 1 rings (SSSR count). The molecule has 0 aromatic carbocycles. The van der Waals surface area contributed by atoms with Crippen molar-refractivity contribution < 1.29 is 9.59 Å². The van der Waals surface area contributed by atoms with E-state index in [2.05, 4.69) is 26.6 Å². The highest BCUT2D eigenvalue weighted by Gasteiger charge is 2.10. The van der Waals surface area contributed by atoms with Gasteiger partial charge >= 0.3 is 6.03 Å². The predicted molar refractivity (Wildman–Crippen MR) is 75.6 cm³/mol. The van der Waals surface area contributed by atoms with Gasteiger partial charge in [-0.1, -0.05) is 0 Å². The number of amides is 3. The number of urea groups is 1. The van der Waals surface area contributed by atoms with Gasteiger partial charge in [0.1, 0.15) is 0 Å². The molecular weight excluding hydrogens is 318 g/mol. The number of nitrogens with zero attached hydrogens (tertiary/aromatic N) is 1. The van der Waals surface area contributed by atoms with E-state index in [0.29, 0.717) is 13.1 Å². The standard InChI is InChI=1S/C11H16BrN3O2S/c1-3-13-11(17)14-10(16)7-15(2)6-8-4-5-9(12)18-8/h4-5H,3,6-7H2,1-2H3,(H2,13,14,16,17). The van der Waals surface area contributed by atoms with E-state index in [1.807, 2.05) is 24.1 Å². The number of nitrogens with one attached hydrogen (secondary N) is 2. The average Bonchev–Trinajstić information content (AvgIpc) is 2.63. The summed E-state index contributed by atoms with van der Waals surface area (Å²) in [5, 5.41) is 4.78. The van der Waals surface area contributed by atoms with Crippen molar-refractivity contribution >= 4 is 39.2 Å². The maximum absolute atomic E-state index is 11.5. The summed E-state index contributed by atoms with van der Waals surface area (Å²) < 4.78 is 1.07. The zero-order valence-electron chi connectivity index (χ0n) is 10.3. The fourth-order valence-electron chi connectivity index (χ4n) is 1.37. The molecule has 3 amide bonds. The summed E-state index contributed by atoms with van der Waals surface area (Å²) in [6.45, 7) is 3.16. The molecule has 0 radical (unpaired) electrons. The molecule has 0 spiro atoms. The predicted octanol–water partition coefficient (Wildman–Crippen LogP) is 1.79. The topological polar surface area (TPSA) is 61.4 Å². The molecule has 100 valence electrons. The van der Waals surface area contributed by atoms with Gasteiger partial charge in [-0.3, -0.25) is 15.0 Å². The molecule has 2 N–H and O–H groups in total. The fourth-order valence-corrected chi connectivity index (χ4v) is 2.94. The second kappa shape index (κ2) is 7.50. The number of hydrogen-bond donors (Lipinski definition) is 2. The minimum absolute atomic E-state index is 0.187. The molecule has 0 saturated carbocycles. The maximum atomic E-state index is 11.5. The van der Waals surface area contributed by atoms with Crippen LogP contribution in [0.4, 0.5) is 4.79 Å². The van der Waals surface area contributed by atoms with Crippen molar-refractivity contribution in [1.29, 1.82) is 0 Å². The number of carbonyl (C=O) groups excluding carboxylic acids is 2. The summed E-state index contributed by atoms with van der Waals surface area (Å²) in [7, 11) is 1.84. The lowest BCUT2D eigenvalue weighted by Crippen LogP contribution is -2.43. The van der Waals surface area contributed by atoms with Crippen molar-refractivity contribution in [1.82, 2.24) is 15.5 Å². The van der Waals surface area contributed by atoms with E-state index in [9.17, 15) is 9.59 Å². The molecule has 1 aromatic heterocycles. The Morgan fingerprint density at radius 1 is 1.44 bits per heavy atom. The summed E-state index contributed by atoms with van der Waals surface area (Å²) in [4.78, 5) is 25.7. The van der Waals surface area contributed by atoms with Crippen LogP contribution in [0.25, 0.3) is 0 Å². The number of imide groups is 1. The number of carbonyl (C=O) groups is 2. The van der Waals surface area contributed by atoms with Crippen molar-refractivity contribution in [3.05, 3.63) is 20.8 Å². The Morgan fingerprint density at radius 3 is 2.72 bits per heavy atom. The lowest BCUT2D eigenvalue weighted by Gasteiger charge is -2.14. The molecule has 0 fully saturated rings. The summed E-state index contributed by atoms with van der Waals surface area (Å²) in [5.74, 6) is -0.306. The van der Waals surface area contributed by atoms with Gasteiger partial charge in [-0.2, -0.15) is 0 Å². The molecule has 0 aliphatic heterocycles. The zero-order valence-corrected chi connectivity index (χ0v) is 12.7. The average molecular weight is 334 g/mol. The van der Waals surface area contributed by atoms with Crippen LogP contribution in [-0.4, -0.2) is 37.0 Å². The van der Waals surface area contributed by atoms with Crippen LogP contribution in [0.15, 0.2) is 15.9 Å². The second-order valence-electron chi connectivity index (χ2n) is 3.79. The molecule has 0 atom stereocenters. The monoisotopic (exact) mass is 333 g/mol. The maximum Gasteiger partial charge on any atom is 0.321 e. The van der Waals surface area contributed by atoms with Crippen LogP contribution in [0, 0.1) is 0 Å². The van der Waals surface area contributed by atoms with Gasteiger partial charge in [-0.05, 0) is 42.0 Å². The van der Waals surface area contributed by atoms with Crippen LogP contribution >= 0.6 is 27.3 Å². The summed E-state index contributed by atoms with van der Waals surface area (Å²) in [6.07, 6.45) is 0. The normalized spacial score (nSPS) is 10.4.